The van der Waals surface area contributed by atoms with E-state index in [0.717, 1.165) is 18.6 Å². The number of benzene rings is 1. The standard InChI is InChI=1S/C15H20O3/c1-15(2,14(16)17)10-18-13-8-7-11-5-3-4-6-12(11)9-13/h7-9H,3-6,10H2,1-2H3,(H,16,17). The maximum absolute atomic E-state index is 11.0. The molecule has 0 bridgehead atoms. The van der Waals surface area contributed by atoms with E-state index in [0.29, 0.717) is 0 Å². The summed E-state index contributed by atoms with van der Waals surface area (Å²) in [6.07, 6.45) is 4.75. The molecule has 0 saturated heterocycles. The largest absolute Gasteiger partial charge is 0.492 e. The highest BCUT2D eigenvalue weighted by Crippen LogP contribution is 2.26. The summed E-state index contributed by atoms with van der Waals surface area (Å²) >= 11 is 0. The van der Waals surface area contributed by atoms with Gasteiger partial charge in [0.15, 0.2) is 0 Å². The van der Waals surface area contributed by atoms with E-state index >= 15 is 0 Å². The number of aliphatic carboxylic acids is 1. The molecule has 0 heterocycles. The minimum absolute atomic E-state index is 0.196. The van der Waals surface area contributed by atoms with Crippen LogP contribution >= 0.6 is 0 Å². The number of hydrogen-bond donors (Lipinski definition) is 1. The molecular formula is C15H20O3. The first-order chi connectivity index (χ1) is 8.49. The number of carboxylic acids is 1. The van der Waals surface area contributed by atoms with Crippen molar-refractivity contribution in [3.05, 3.63) is 29.3 Å². The molecule has 0 saturated carbocycles. The third kappa shape index (κ3) is 2.84. The SMILES string of the molecule is CC(C)(COc1ccc2c(c1)CCCC2)C(=O)O. The van der Waals surface area contributed by atoms with Gasteiger partial charge in [-0.05, 0) is 62.8 Å². The average molecular weight is 248 g/mol. The average Bonchev–Trinajstić information content (AvgIpc) is 2.36. The lowest BCUT2D eigenvalue weighted by Crippen LogP contribution is -2.30. The van der Waals surface area contributed by atoms with Gasteiger partial charge in [-0.3, -0.25) is 4.79 Å². The Morgan fingerprint density at radius 2 is 1.94 bits per heavy atom. The molecule has 98 valence electrons. The van der Waals surface area contributed by atoms with Crippen molar-refractivity contribution in [2.75, 3.05) is 6.61 Å². The summed E-state index contributed by atoms with van der Waals surface area (Å²) in [6, 6.07) is 6.12. The highest BCUT2D eigenvalue weighted by molar-refractivity contribution is 5.73. The smallest absolute Gasteiger partial charge is 0.312 e. The van der Waals surface area contributed by atoms with Gasteiger partial charge in [0.2, 0.25) is 0 Å². The zero-order valence-electron chi connectivity index (χ0n) is 11.0. The molecule has 18 heavy (non-hydrogen) atoms. The molecule has 0 spiro atoms. The molecule has 1 aromatic rings. The van der Waals surface area contributed by atoms with Gasteiger partial charge < -0.3 is 9.84 Å². The molecule has 1 aliphatic carbocycles. The third-order valence-corrected chi connectivity index (χ3v) is 3.50. The number of carbonyl (C=O) groups is 1. The van der Waals surface area contributed by atoms with Gasteiger partial charge in [0.1, 0.15) is 12.4 Å². The highest BCUT2D eigenvalue weighted by atomic mass is 16.5. The van der Waals surface area contributed by atoms with Crippen LogP contribution in [0.2, 0.25) is 0 Å². The number of rotatable bonds is 4. The Hall–Kier alpha value is -1.51. The zero-order chi connectivity index (χ0) is 13.2. The van der Waals surface area contributed by atoms with Crippen molar-refractivity contribution in [3.8, 4) is 5.75 Å². The summed E-state index contributed by atoms with van der Waals surface area (Å²) in [5, 5.41) is 9.03. The van der Waals surface area contributed by atoms with Crippen LogP contribution in [-0.2, 0) is 17.6 Å². The predicted octanol–water partition coefficient (Wildman–Crippen LogP) is 3.06. The first-order valence-corrected chi connectivity index (χ1v) is 6.47. The quantitative estimate of drug-likeness (QED) is 0.890. The van der Waals surface area contributed by atoms with Crippen molar-refractivity contribution in [3.63, 3.8) is 0 Å². The van der Waals surface area contributed by atoms with Crippen molar-refractivity contribution in [2.45, 2.75) is 39.5 Å². The fourth-order valence-corrected chi connectivity index (χ4v) is 2.13. The van der Waals surface area contributed by atoms with Gasteiger partial charge in [-0.25, -0.2) is 0 Å². The molecule has 0 aromatic heterocycles. The number of hydrogen-bond acceptors (Lipinski definition) is 2. The molecule has 1 aromatic carbocycles. The van der Waals surface area contributed by atoms with Gasteiger partial charge in [0, 0.05) is 0 Å². The van der Waals surface area contributed by atoms with Crippen molar-refractivity contribution in [1.82, 2.24) is 0 Å². The molecule has 0 aliphatic heterocycles. The van der Waals surface area contributed by atoms with Crippen LogP contribution in [0.5, 0.6) is 5.75 Å². The Labute approximate surface area is 108 Å². The lowest BCUT2D eigenvalue weighted by Gasteiger charge is -2.21. The summed E-state index contributed by atoms with van der Waals surface area (Å²) in [4.78, 5) is 11.0. The number of carboxylic acid groups (broad SMARTS) is 1. The van der Waals surface area contributed by atoms with Gasteiger partial charge in [0.05, 0.1) is 5.41 Å². The van der Waals surface area contributed by atoms with E-state index in [1.165, 1.54) is 24.0 Å². The Kier molecular flexibility index (Phi) is 3.60. The van der Waals surface area contributed by atoms with Crippen LogP contribution in [0, 0.1) is 5.41 Å². The Bertz CT molecular complexity index is 449. The third-order valence-electron chi connectivity index (χ3n) is 3.50. The number of fused-ring (bicyclic) bond motifs is 1. The fraction of sp³-hybridized carbons (Fsp3) is 0.533. The van der Waals surface area contributed by atoms with Gasteiger partial charge in [-0.2, -0.15) is 0 Å². The van der Waals surface area contributed by atoms with Gasteiger partial charge in [-0.1, -0.05) is 6.07 Å². The molecule has 1 N–H and O–H groups in total. The topological polar surface area (TPSA) is 46.5 Å². The molecule has 3 heteroatoms. The van der Waals surface area contributed by atoms with Crippen LogP contribution in [0.15, 0.2) is 18.2 Å². The van der Waals surface area contributed by atoms with Gasteiger partial charge in [0.25, 0.3) is 0 Å². The van der Waals surface area contributed by atoms with E-state index in [-0.39, 0.29) is 6.61 Å². The minimum Gasteiger partial charge on any atom is -0.492 e. The highest BCUT2D eigenvalue weighted by Gasteiger charge is 2.28. The van der Waals surface area contributed by atoms with Crippen LogP contribution in [0.3, 0.4) is 0 Å². The van der Waals surface area contributed by atoms with E-state index < -0.39 is 11.4 Å². The summed E-state index contributed by atoms with van der Waals surface area (Å²) in [7, 11) is 0. The van der Waals surface area contributed by atoms with Crippen LogP contribution in [-0.4, -0.2) is 17.7 Å². The molecular weight excluding hydrogens is 228 g/mol. The fourth-order valence-electron chi connectivity index (χ4n) is 2.13. The van der Waals surface area contributed by atoms with Crippen LogP contribution in [0.4, 0.5) is 0 Å². The monoisotopic (exact) mass is 248 g/mol. The minimum atomic E-state index is -0.851. The second-order valence-corrected chi connectivity index (χ2v) is 5.62. The van der Waals surface area contributed by atoms with Gasteiger partial charge in [-0.15, -0.1) is 0 Å². The van der Waals surface area contributed by atoms with E-state index in [9.17, 15) is 4.79 Å². The summed E-state index contributed by atoms with van der Waals surface area (Å²) in [5.41, 5.74) is 1.91. The van der Waals surface area contributed by atoms with Crippen molar-refractivity contribution >= 4 is 5.97 Å². The van der Waals surface area contributed by atoms with Crippen molar-refractivity contribution < 1.29 is 14.6 Å². The van der Waals surface area contributed by atoms with E-state index in [1.807, 2.05) is 6.07 Å². The zero-order valence-corrected chi connectivity index (χ0v) is 11.0. The van der Waals surface area contributed by atoms with Crippen LogP contribution in [0.25, 0.3) is 0 Å². The van der Waals surface area contributed by atoms with E-state index in [2.05, 4.69) is 12.1 Å². The van der Waals surface area contributed by atoms with Crippen LogP contribution in [0.1, 0.15) is 37.8 Å². The normalized spacial score (nSPS) is 15.0. The van der Waals surface area contributed by atoms with E-state index in [1.54, 1.807) is 13.8 Å². The van der Waals surface area contributed by atoms with Gasteiger partial charge >= 0.3 is 5.97 Å². The molecule has 1 aliphatic rings. The lowest BCUT2D eigenvalue weighted by atomic mass is 9.91. The van der Waals surface area contributed by atoms with Crippen LogP contribution < -0.4 is 4.74 Å². The lowest BCUT2D eigenvalue weighted by molar-refractivity contribution is -0.148. The van der Waals surface area contributed by atoms with Crippen molar-refractivity contribution in [1.29, 1.82) is 0 Å². The van der Waals surface area contributed by atoms with Crippen molar-refractivity contribution in [2.24, 2.45) is 5.41 Å². The molecule has 0 fully saturated rings. The first kappa shape index (κ1) is 12.9. The maximum atomic E-state index is 11.0. The predicted molar refractivity (Wildman–Crippen MR) is 70.0 cm³/mol. The molecule has 0 atom stereocenters. The number of ether oxygens (including phenoxy) is 1. The second kappa shape index (κ2) is 5.01. The number of aryl methyl sites for hydroxylation is 2. The maximum Gasteiger partial charge on any atom is 0.312 e. The molecule has 0 amide bonds. The Morgan fingerprint density at radius 1 is 1.28 bits per heavy atom. The molecule has 3 nitrogen and oxygen atoms in total. The molecule has 0 unspecified atom stereocenters. The van der Waals surface area contributed by atoms with E-state index in [4.69, 9.17) is 9.84 Å². The summed E-state index contributed by atoms with van der Waals surface area (Å²) in [6.45, 7) is 3.54. The molecule has 2 rings (SSSR count). The second-order valence-electron chi connectivity index (χ2n) is 5.62. The Morgan fingerprint density at radius 3 is 2.61 bits per heavy atom. The summed E-state index contributed by atoms with van der Waals surface area (Å²) in [5.74, 6) is -0.0505. The first-order valence-electron chi connectivity index (χ1n) is 6.47. The Balaban J connectivity index is 2.04. The molecule has 0 radical (unpaired) electrons. The summed E-state index contributed by atoms with van der Waals surface area (Å²) < 4.78 is 5.62.